The Hall–Kier alpha value is -1.34. The maximum absolute atomic E-state index is 11.3. The summed E-state index contributed by atoms with van der Waals surface area (Å²) in [7, 11) is 2.05. The first-order valence-corrected chi connectivity index (χ1v) is 5.59. The van der Waals surface area contributed by atoms with E-state index >= 15 is 0 Å². The van der Waals surface area contributed by atoms with E-state index in [0.29, 0.717) is 6.04 Å². The van der Waals surface area contributed by atoms with E-state index in [1.54, 1.807) is 0 Å². The van der Waals surface area contributed by atoms with E-state index in [2.05, 4.69) is 29.0 Å². The van der Waals surface area contributed by atoms with Crippen molar-refractivity contribution < 1.29 is 19.5 Å². The molecule has 98 valence electrons. The van der Waals surface area contributed by atoms with Gasteiger partial charge in [0.2, 0.25) is 0 Å². The van der Waals surface area contributed by atoms with Gasteiger partial charge in [0.05, 0.1) is 0 Å². The highest BCUT2D eigenvalue weighted by Crippen LogP contribution is 2.14. The number of likely N-dealkylation sites (tertiary alicyclic amines) is 1. The first kappa shape index (κ1) is 13.7. The Bertz CT molecular complexity index is 285. The topological polar surface area (TPSA) is 90.9 Å². The predicted octanol–water partition coefficient (Wildman–Crippen LogP) is -0.215. The van der Waals surface area contributed by atoms with Crippen LogP contribution in [0.3, 0.4) is 0 Å². The molecule has 0 radical (unpaired) electrons. The fraction of sp³-hybridized carbons (Fsp3) is 0.800. The van der Waals surface area contributed by atoms with Gasteiger partial charge in [0.1, 0.15) is 0 Å². The minimum atomic E-state index is -1.13. The average Bonchev–Trinajstić information content (AvgIpc) is 2.23. The molecule has 1 heterocycles. The van der Waals surface area contributed by atoms with E-state index in [0.717, 1.165) is 19.4 Å². The number of amides is 2. The van der Waals surface area contributed by atoms with Gasteiger partial charge in [-0.1, -0.05) is 0 Å². The zero-order chi connectivity index (χ0) is 12.8. The van der Waals surface area contributed by atoms with Crippen molar-refractivity contribution >= 4 is 12.0 Å². The molecule has 7 nitrogen and oxygen atoms in total. The van der Waals surface area contributed by atoms with E-state index in [1.165, 1.54) is 0 Å². The highest BCUT2D eigenvalue weighted by atomic mass is 16.7. The fourth-order valence-electron chi connectivity index (χ4n) is 1.80. The molecule has 1 saturated heterocycles. The summed E-state index contributed by atoms with van der Waals surface area (Å²) in [6.45, 7) is 2.49. The van der Waals surface area contributed by atoms with Crippen LogP contribution in [0.5, 0.6) is 0 Å². The van der Waals surface area contributed by atoms with Crippen LogP contribution in [0.4, 0.5) is 4.79 Å². The number of aliphatic carboxylic acids is 1. The number of hydrogen-bond acceptors (Lipinski definition) is 4. The van der Waals surface area contributed by atoms with Crippen molar-refractivity contribution in [2.24, 2.45) is 0 Å². The van der Waals surface area contributed by atoms with Crippen LogP contribution in [0.15, 0.2) is 0 Å². The molecule has 7 heteroatoms. The summed E-state index contributed by atoms with van der Waals surface area (Å²) in [4.78, 5) is 28.2. The summed E-state index contributed by atoms with van der Waals surface area (Å²) in [6, 6.07) is 0.0385. The molecule has 1 aliphatic heterocycles. The van der Waals surface area contributed by atoms with Crippen LogP contribution in [0.2, 0.25) is 0 Å². The molecular weight excluding hydrogens is 226 g/mol. The smallest absolute Gasteiger partial charge is 0.338 e. The third kappa shape index (κ3) is 5.01. The zero-order valence-electron chi connectivity index (χ0n) is 10.1. The van der Waals surface area contributed by atoms with Gasteiger partial charge >= 0.3 is 12.0 Å². The largest absolute Gasteiger partial charge is 0.479 e. The van der Waals surface area contributed by atoms with Crippen LogP contribution in [0, 0.1) is 0 Å². The predicted molar refractivity (Wildman–Crippen MR) is 60.4 cm³/mol. The highest BCUT2D eigenvalue weighted by Gasteiger charge is 2.23. The molecule has 0 aromatic carbocycles. The Kier molecular flexibility index (Phi) is 5.17. The summed E-state index contributed by atoms with van der Waals surface area (Å²) in [6.07, 6.45) is 1.76. The average molecular weight is 245 g/mol. The number of nitrogens with one attached hydrogen (secondary N) is 2. The lowest BCUT2D eigenvalue weighted by Gasteiger charge is -2.35. The van der Waals surface area contributed by atoms with E-state index in [4.69, 9.17) is 5.11 Å². The first-order chi connectivity index (χ1) is 7.99. The van der Waals surface area contributed by atoms with Crippen LogP contribution in [-0.2, 0) is 9.63 Å². The molecule has 1 fully saturated rings. The molecule has 0 aliphatic carbocycles. The highest BCUT2D eigenvalue weighted by molar-refractivity contribution is 5.73. The Labute approximate surface area is 100 Å². The summed E-state index contributed by atoms with van der Waals surface area (Å²) < 4.78 is 0. The molecule has 0 spiro atoms. The first-order valence-electron chi connectivity index (χ1n) is 5.59. The van der Waals surface area contributed by atoms with Crippen molar-refractivity contribution in [2.45, 2.75) is 31.8 Å². The van der Waals surface area contributed by atoms with Crippen LogP contribution >= 0.6 is 0 Å². The Balaban J connectivity index is 2.20. The standard InChI is InChI=1S/C10H19N3O4/c1-7-5-8(3-4-13(7)2)11-10(16)12-17-6-9(14)15/h7-8H,3-6H2,1-2H3,(H,14,15)(H2,11,12,16). The van der Waals surface area contributed by atoms with Crippen molar-refractivity contribution in [1.82, 2.24) is 15.7 Å². The summed E-state index contributed by atoms with van der Waals surface area (Å²) in [5.41, 5.74) is 2.04. The maximum Gasteiger partial charge on any atom is 0.338 e. The molecule has 17 heavy (non-hydrogen) atoms. The second-order valence-electron chi connectivity index (χ2n) is 4.31. The number of hydrogen-bond donors (Lipinski definition) is 3. The van der Waals surface area contributed by atoms with Crippen LogP contribution in [0.25, 0.3) is 0 Å². The molecule has 2 atom stereocenters. The lowest BCUT2D eigenvalue weighted by Crippen LogP contribution is -2.50. The quantitative estimate of drug-likeness (QED) is 0.596. The van der Waals surface area contributed by atoms with Crippen molar-refractivity contribution in [1.29, 1.82) is 0 Å². The van der Waals surface area contributed by atoms with Crippen LogP contribution in [0.1, 0.15) is 19.8 Å². The summed E-state index contributed by atoms with van der Waals surface area (Å²) in [5, 5.41) is 11.1. The minimum absolute atomic E-state index is 0.106. The number of carbonyl (C=O) groups is 2. The van der Waals surface area contributed by atoms with E-state index < -0.39 is 18.6 Å². The molecule has 2 unspecified atom stereocenters. The monoisotopic (exact) mass is 245 g/mol. The van der Waals surface area contributed by atoms with Gasteiger partial charge in [0, 0.05) is 18.6 Å². The zero-order valence-corrected chi connectivity index (χ0v) is 10.1. The Morgan fingerprint density at radius 3 is 2.82 bits per heavy atom. The van der Waals surface area contributed by atoms with E-state index in [1.807, 2.05) is 5.48 Å². The number of carboxylic acid groups (broad SMARTS) is 1. The number of piperidine rings is 1. The van der Waals surface area contributed by atoms with Gasteiger partial charge in [-0.15, -0.1) is 0 Å². The molecule has 0 aromatic heterocycles. The summed E-state index contributed by atoms with van der Waals surface area (Å²) in [5.74, 6) is -1.13. The normalized spacial score (nSPS) is 25.3. The molecule has 0 bridgehead atoms. The number of urea groups is 1. The number of carbonyl (C=O) groups excluding carboxylic acids is 1. The van der Waals surface area contributed by atoms with Crippen molar-refractivity contribution in [2.75, 3.05) is 20.2 Å². The molecule has 0 aromatic rings. The van der Waals surface area contributed by atoms with Crippen molar-refractivity contribution in [3.63, 3.8) is 0 Å². The van der Waals surface area contributed by atoms with Crippen LogP contribution < -0.4 is 10.8 Å². The summed E-state index contributed by atoms with van der Waals surface area (Å²) >= 11 is 0. The third-order valence-electron chi connectivity index (χ3n) is 2.90. The van der Waals surface area contributed by atoms with Gasteiger partial charge in [-0.05, 0) is 26.8 Å². The van der Waals surface area contributed by atoms with Gasteiger partial charge in [-0.3, -0.25) is 4.84 Å². The van der Waals surface area contributed by atoms with Crippen molar-refractivity contribution in [3.8, 4) is 0 Å². The van der Waals surface area contributed by atoms with E-state index in [9.17, 15) is 9.59 Å². The second kappa shape index (κ2) is 6.41. The number of carboxylic acids is 1. The van der Waals surface area contributed by atoms with E-state index in [-0.39, 0.29) is 6.04 Å². The number of rotatable bonds is 4. The molecule has 3 N–H and O–H groups in total. The number of hydroxylamine groups is 1. The maximum atomic E-state index is 11.3. The third-order valence-corrected chi connectivity index (χ3v) is 2.90. The Morgan fingerprint density at radius 1 is 1.53 bits per heavy atom. The minimum Gasteiger partial charge on any atom is -0.479 e. The van der Waals surface area contributed by atoms with Gasteiger partial charge in [-0.2, -0.15) is 0 Å². The lowest BCUT2D eigenvalue weighted by molar-refractivity contribution is -0.144. The van der Waals surface area contributed by atoms with Gasteiger partial charge < -0.3 is 15.3 Å². The van der Waals surface area contributed by atoms with Gasteiger partial charge in [-0.25, -0.2) is 15.1 Å². The SMILES string of the molecule is CC1CC(NC(=O)NOCC(=O)O)CCN1C. The van der Waals surface area contributed by atoms with Gasteiger partial charge in [0.15, 0.2) is 6.61 Å². The van der Waals surface area contributed by atoms with Crippen molar-refractivity contribution in [3.05, 3.63) is 0 Å². The number of nitrogens with zero attached hydrogens (tertiary/aromatic N) is 1. The van der Waals surface area contributed by atoms with Crippen LogP contribution in [-0.4, -0.2) is 54.3 Å². The Morgan fingerprint density at radius 2 is 2.24 bits per heavy atom. The molecular formula is C10H19N3O4. The molecule has 0 saturated carbocycles. The fourth-order valence-corrected chi connectivity index (χ4v) is 1.80. The lowest BCUT2D eigenvalue weighted by atomic mass is 9.99. The molecule has 1 rings (SSSR count). The molecule has 1 aliphatic rings. The second-order valence-corrected chi connectivity index (χ2v) is 4.31. The van der Waals surface area contributed by atoms with Gasteiger partial charge in [0.25, 0.3) is 0 Å². The molecule has 2 amide bonds.